The van der Waals surface area contributed by atoms with Gasteiger partial charge < -0.3 is 5.73 Å². The van der Waals surface area contributed by atoms with Gasteiger partial charge in [0.05, 0.1) is 5.69 Å². The second-order valence-electron chi connectivity index (χ2n) is 3.06. The van der Waals surface area contributed by atoms with Crippen molar-refractivity contribution in [1.29, 1.82) is 0 Å². The molecule has 0 aliphatic rings. The van der Waals surface area contributed by atoms with Gasteiger partial charge >= 0.3 is 0 Å². The average molecular weight is 207 g/mol. The van der Waals surface area contributed by atoms with Crippen LogP contribution in [0.4, 0.5) is 5.69 Å². The average Bonchev–Trinajstić information content (AvgIpc) is 2.17. The maximum atomic E-state index is 10.9. The first-order chi connectivity index (χ1) is 7.09. The van der Waals surface area contributed by atoms with Crippen molar-refractivity contribution in [2.24, 2.45) is 5.73 Å². The van der Waals surface area contributed by atoms with Gasteiger partial charge in [0, 0.05) is 6.92 Å². The standard InChI is InChI=1S/C10H13N3O2/c1-8(14)12-13(7-10(11)15)9-5-3-2-4-6-9/h2-6H,7H2,1H3,(H2,11,15)(H,12,14). The highest BCUT2D eigenvalue weighted by Crippen LogP contribution is 2.09. The summed E-state index contributed by atoms with van der Waals surface area (Å²) in [5, 5.41) is 1.41. The zero-order valence-corrected chi connectivity index (χ0v) is 8.43. The molecule has 0 atom stereocenters. The van der Waals surface area contributed by atoms with Crippen LogP contribution in [0.2, 0.25) is 0 Å². The molecule has 0 saturated heterocycles. The van der Waals surface area contributed by atoms with Crippen molar-refractivity contribution >= 4 is 17.5 Å². The number of benzene rings is 1. The van der Waals surface area contributed by atoms with E-state index in [1.165, 1.54) is 11.9 Å². The van der Waals surface area contributed by atoms with Gasteiger partial charge in [-0.05, 0) is 12.1 Å². The normalized spacial score (nSPS) is 9.40. The molecule has 0 aromatic heterocycles. The van der Waals surface area contributed by atoms with E-state index >= 15 is 0 Å². The number of hydrogen-bond donors (Lipinski definition) is 2. The van der Waals surface area contributed by atoms with E-state index in [1.54, 1.807) is 12.1 Å². The molecule has 0 fully saturated rings. The molecule has 5 heteroatoms. The summed E-state index contributed by atoms with van der Waals surface area (Å²) in [6.45, 7) is 1.32. The highest BCUT2D eigenvalue weighted by atomic mass is 16.2. The Labute approximate surface area is 87.8 Å². The summed E-state index contributed by atoms with van der Waals surface area (Å²) in [6, 6.07) is 9.02. The third kappa shape index (κ3) is 3.68. The number of carbonyl (C=O) groups excluding carboxylic acids is 2. The minimum Gasteiger partial charge on any atom is -0.368 e. The molecule has 80 valence electrons. The molecule has 1 aromatic rings. The molecule has 0 heterocycles. The molecule has 0 radical (unpaired) electrons. The van der Waals surface area contributed by atoms with Gasteiger partial charge in [-0.25, -0.2) is 0 Å². The van der Waals surface area contributed by atoms with E-state index in [0.29, 0.717) is 5.69 Å². The second kappa shape index (κ2) is 4.99. The number of hydrogen-bond acceptors (Lipinski definition) is 3. The molecule has 5 nitrogen and oxygen atoms in total. The second-order valence-corrected chi connectivity index (χ2v) is 3.06. The molecule has 0 aliphatic carbocycles. The van der Waals surface area contributed by atoms with E-state index in [-0.39, 0.29) is 12.5 Å². The molecule has 2 amide bonds. The van der Waals surface area contributed by atoms with Crippen molar-refractivity contribution in [3.05, 3.63) is 30.3 Å². The van der Waals surface area contributed by atoms with Gasteiger partial charge in [-0.15, -0.1) is 0 Å². The van der Waals surface area contributed by atoms with Gasteiger partial charge in [0.1, 0.15) is 6.54 Å². The predicted octanol–water partition coefficient (Wildman–Crippen LogP) is 0.0294. The number of carbonyl (C=O) groups is 2. The number of nitrogens with one attached hydrogen (secondary N) is 1. The lowest BCUT2D eigenvalue weighted by Crippen LogP contribution is -2.46. The van der Waals surface area contributed by atoms with Crippen molar-refractivity contribution in [3.8, 4) is 0 Å². The fourth-order valence-electron chi connectivity index (χ4n) is 1.15. The van der Waals surface area contributed by atoms with Crippen LogP contribution in [0, 0.1) is 0 Å². The Kier molecular flexibility index (Phi) is 3.68. The van der Waals surface area contributed by atoms with E-state index in [0.717, 1.165) is 0 Å². The maximum absolute atomic E-state index is 10.9. The van der Waals surface area contributed by atoms with E-state index < -0.39 is 5.91 Å². The van der Waals surface area contributed by atoms with E-state index in [4.69, 9.17) is 5.73 Å². The van der Waals surface area contributed by atoms with Crippen LogP contribution in [0.25, 0.3) is 0 Å². The van der Waals surface area contributed by atoms with Gasteiger partial charge in [0.15, 0.2) is 0 Å². The Morgan fingerprint density at radius 1 is 1.33 bits per heavy atom. The lowest BCUT2D eigenvalue weighted by atomic mass is 10.3. The molecule has 3 N–H and O–H groups in total. The molecule has 1 aromatic carbocycles. The summed E-state index contributed by atoms with van der Waals surface area (Å²) in [7, 11) is 0. The van der Waals surface area contributed by atoms with Crippen LogP contribution in [0.1, 0.15) is 6.92 Å². The van der Waals surface area contributed by atoms with Crippen molar-refractivity contribution in [2.75, 3.05) is 11.6 Å². The minimum absolute atomic E-state index is 0.0520. The smallest absolute Gasteiger partial charge is 0.239 e. The number of amides is 2. The van der Waals surface area contributed by atoms with Crippen molar-refractivity contribution in [3.63, 3.8) is 0 Å². The lowest BCUT2D eigenvalue weighted by Gasteiger charge is -2.22. The molecular weight excluding hydrogens is 194 g/mol. The van der Waals surface area contributed by atoms with Gasteiger partial charge in [-0.1, -0.05) is 18.2 Å². The van der Waals surface area contributed by atoms with Crippen LogP contribution in [0.15, 0.2) is 30.3 Å². The molecule has 0 bridgehead atoms. The molecule has 0 aliphatic heterocycles. The van der Waals surface area contributed by atoms with Crippen LogP contribution >= 0.6 is 0 Å². The molecule has 15 heavy (non-hydrogen) atoms. The van der Waals surface area contributed by atoms with Gasteiger partial charge in [-0.3, -0.25) is 20.0 Å². The monoisotopic (exact) mass is 207 g/mol. The van der Waals surface area contributed by atoms with Crippen LogP contribution in [-0.4, -0.2) is 18.4 Å². The number of rotatable bonds is 4. The fraction of sp³-hybridized carbons (Fsp3) is 0.200. The summed E-state index contributed by atoms with van der Waals surface area (Å²) in [4.78, 5) is 21.7. The third-order valence-electron chi connectivity index (χ3n) is 1.67. The van der Waals surface area contributed by atoms with Crippen LogP contribution in [0.3, 0.4) is 0 Å². The van der Waals surface area contributed by atoms with Crippen molar-refractivity contribution in [2.45, 2.75) is 6.92 Å². The molecular formula is C10H13N3O2. The molecule has 0 spiro atoms. The van der Waals surface area contributed by atoms with E-state index in [1.807, 2.05) is 18.2 Å². The summed E-state index contributed by atoms with van der Waals surface area (Å²) in [6.07, 6.45) is 0. The number of hydrazine groups is 1. The SMILES string of the molecule is CC(=O)NN(CC(N)=O)c1ccccc1. The largest absolute Gasteiger partial charge is 0.368 e. The first-order valence-corrected chi connectivity index (χ1v) is 4.47. The van der Waals surface area contributed by atoms with E-state index in [9.17, 15) is 9.59 Å². The Balaban J connectivity index is 2.81. The zero-order valence-electron chi connectivity index (χ0n) is 8.43. The maximum Gasteiger partial charge on any atom is 0.239 e. The first-order valence-electron chi connectivity index (χ1n) is 4.47. The minimum atomic E-state index is -0.507. The summed E-state index contributed by atoms with van der Waals surface area (Å²) >= 11 is 0. The predicted molar refractivity (Wildman–Crippen MR) is 56.8 cm³/mol. The van der Waals surface area contributed by atoms with Crippen molar-refractivity contribution < 1.29 is 9.59 Å². The number of para-hydroxylation sites is 1. The number of primary amides is 1. The number of nitrogens with two attached hydrogens (primary N) is 1. The van der Waals surface area contributed by atoms with Gasteiger partial charge in [-0.2, -0.15) is 0 Å². The van der Waals surface area contributed by atoms with Crippen LogP contribution in [-0.2, 0) is 9.59 Å². The zero-order chi connectivity index (χ0) is 11.3. The Morgan fingerprint density at radius 2 is 1.93 bits per heavy atom. The first kappa shape index (κ1) is 11.0. The number of nitrogens with zero attached hydrogens (tertiary/aromatic N) is 1. The van der Waals surface area contributed by atoms with Crippen LogP contribution in [0.5, 0.6) is 0 Å². The topological polar surface area (TPSA) is 75.4 Å². The number of anilines is 1. The van der Waals surface area contributed by atoms with Crippen LogP contribution < -0.4 is 16.2 Å². The Bertz CT molecular complexity index is 335. The molecule has 1 rings (SSSR count). The van der Waals surface area contributed by atoms with Gasteiger partial charge in [0.25, 0.3) is 0 Å². The summed E-state index contributed by atoms with van der Waals surface area (Å²) < 4.78 is 0. The van der Waals surface area contributed by atoms with Gasteiger partial charge in [0.2, 0.25) is 11.8 Å². The lowest BCUT2D eigenvalue weighted by molar-refractivity contribution is -0.119. The summed E-state index contributed by atoms with van der Waals surface area (Å²) in [5.41, 5.74) is 8.31. The van der Waals surface area contributed by atoms with Crippen molar-refractivity contribution in [1.82, 2.24) is 5.43 Å². The Morgan fingerprint density at radius 3 is 2.40 bits per heavy atom. The Hall–Kier alpha value is -2.04. The highest BCUT2D eigenvalue weighted by molar-refractivity contribution is 5.82. The van der Waals surface area contributed by atoms with E-state index in [2.05, 4.69) is 5.43 Å². The third-order valence-corrected chi connectivity index (χ3v) is 1.67. The molecule has 0 unspecified atom stereocenters. The fourth-order valence-corrected chi connectivity index (χ4v) is 1.15. The molecule has 0 saturated carbocycles. The quantitative estimate of drug-likeness (QED) is 0.684. The summed E-state index contributed by atoms with van der Waals surface area (Å²) in [5.74, 6) is -0.757. The highest BCUT2D eigenvalue weighted by Gasteiger charge is 2.09.